The van der Waals surface area contributed by atoms with Gasteiger partial charge in [0.1, 0.15) is 0 Å². The van der Waals surface area contributed by atoms with Crippen LogP contribution in [-0.4, -0.2) is 18.5 Å². The third-order valence-corrected chi connectivity index (χ3v) is 3.94. The molecular weight excluding hydrogens is 272 g/mol. The minimum Gasteiger partial charge on any atom is -0.352 e. The molecule has 1 amide bonds. The van der Waals surface area contributed by atoms with Gasteiger partial charge in [-0.3, -0.25) is 4.79 Å². The highest BCUT2D eigenvalue weighted by Gasteiger charge is 2.23. The highest BCUT2D eigenvalue weighted by Crippen LogP contribution is 2.19. The first kappa shape index (κ1) is 14.8. The molecule has 1 atom stereocenters. The molecule has 3 rings (SSSR count). The Morgan fingerprint density at radius 1 is 1.00 bits per heavy atom. The number of rotatable bonds is 7. The average molecular weight is 294 g/mol. The van der Waals surface area contributed by atoms with Crippen molar-refractivity contribution < 1.29 is 4.79 Å². The summed E-state index contributed by atoms with van der Waals surface area (Å²) >= 11 is 0. The molecule has 0 aromatic heterocycles. The topological polar surface area (TPSA) is 41.1 Å². The third-order valence-electron chi connectivity index (χ3n) is 3.94. The minimum absolute atomic E-state index is 0.0940. The van der Waals surface area contributed by atoms with Gasteiger partial charge in [-0.2, -0.15) is 0 Å². The highest BCUT2D eigenvalue weighted by atomic mass is 16.2. The van der Waals surface area contributed by atoms with Crippen molar-refractivity contribution in [3.63, 3.8) is 0 Å². The van der Waals surface area contributed by atoms with Crippen LogP contribution in [-0.2, 0) is 11.2 Å². The van der Waals surface area contributed by atoms with Gasteiger partial charge in [0.25, 0.3) is 0 Å². The molecule has 3 nitrogen and oxygen atoms in total. The predicted molar refractivity (Wildman–Crippen MR) is 88.5 cm³/mol. The average Bonchev–Trinajstić information content (AvgIpc) is 3.37. The molecular formula is C19H22N2O. The van der Waals surface area contributed by atoms with Crippen molar-refractivity contribution in [2.45, 2.75) is 31.3 Å². The summed E-state index contributed by atoms with van der Waals surface area (Å²) in [7, 11) is 0. The van der Waals surface area contributed by atoms with Crippen LogP contribution in [0.3, 0.4) is 0 Å². The van der Waals surface area contributed by atoms with Gasteiger partial charge >= 0.3 is 0 Å². The summed E-state index contributed by atoms with van der Waals surface area (Å²) in [5.74, 6) is 0.0940. The maximum absolute atomic E-state index is 11.9. The molecule has 0 radical (unpaired) electrons. The second-order valence-corrected chi connectivity index (χ2v) is 5.88. The summed E-state index contributed by atoms with van der Waals surface area (Å²) in [6, 6.07) is 21.3. The number of carbonyl (C=O) groups is 1. The highest BCUT2D eigenvalue weighted by molar-refractivity contribution is 5.78. The first-order valence-electron chi connectivity index (χ1n) is 7.93. The van der Waals surface area contributed by atoms with E-state index in [4.69, 9.17) is 0 Å². The third kappa shape index (κ3) is 4.43. The van der Waals surface area contributed by atoms with E-state index in [9.17, 15) is 4.79 Å². The predicted octanol–water partition coefficient (Wildman–Crippen LogP) is 2.84. The molecule has 0 heterocycles. The fourth-order valence-corrected chi connectivity index (χ4v) is 2.57. The monoisotopic (exact) mass is 294 g/mol. The zero-order valence-corrected chi connectivity index (χ0v) is 12.7. The van der Waals surface area contributed by atoms with Gasteiger partial charge in [0.2, 0.25) is 5.91 Å². The molecule has 0 bridgehead atoms. The van der Waals surface area contributed by atoms with E-state index in [1.807, 2.05) is 24.3 Å². The molecule has 1 saturated carbocycles. The van der Waals surface area contributed by atoms with E-state index in [0.29, 0.717) is 12.6 Å². The van der Waals surface area contributed by atoms with Crippen LogP contribution < -0.4 is 10.6 Å². The second kappa shape index (κ2) is 7.23. The molecule has 2 aromatic rings. The molecule has 114 valence electrons. The molecule has 22 heavy (non-hydrogen) atoms. The summed E-state index contributed by atoms with van der Waals surface area (Å²) in [4.78, 5) is 11.9. The summed E-state index contributed by atoms with van der Waals surface area (Å²) in [6.07, 6.45) is 3.12. The van der Waals surface area contributed by atoms with Crippen molar-refractivity contribution >= 4 is 5.91 Å². The standard InChI is InChI=1S/C19H22N2O/c22-19(21-17-11-12-17)14-20-18(16-9-5-2-6-10-16)13-15-7-3-1-4-8-15/h1-10,17-18,20H,11-14H2,(H,21,22). The zero-order valence-electron chi connectivity index (χ0n) is 12.7. The lowest BCUT2D eigenvalue weighted by molar-refractivity contribution is -0.120. The van der Waals surface area contributed by atoms with Crippen LogP contribution in [0.2, 0.25) is 0 Å². The van der Waals surface area contributed by atoms with Gasteiger partial charge in [-0.05, 0) is 30.4 Å². The Balaban J connectivity index is 1.64. The van der Waals surface area contributed by atoms with Gasteiger partial charge in [0.15, 0.2) is 0 Å². The molecule has 2 aromatic carbocycles. The van der Waals surface area contributed by atoms with Crippen LogP contribution >= 0.6 is 0 Å². The normalized spacial score (nSPS) is 15.3. The van der Waals surface area contributed by atoms with Gasteiger partial charge in [0.05, 0.1) is 6.54 Å². The van der Waals surface area contributed by atoms with Crippen molar-refractivity contribution in [2.75, 3.05) is 6.54 Å². The van der Waals surface area contributed by atoms with Crippen molar-refractivity contribution in [1.29, 1.82) is 0 Å². The van der Waals surface area contributed by atoms with Crippen LogP contribution in [0.4, 0.5) is 0 Å². The van der Waals surface area contributed by atoms with Crippen molar-refractivity contribution in [1.82, 2.24) is 10.6 Å². The van der Waals surface area contributed by atoms with Gasteiger partial charge in [-0.1, -0.05) is 60.7 Å². The summed E-state index contributed by atoms with van der Waals surface area (Å²) in [5.41, 5.74) is 2.48. The maximum atomic E-state index is 11.9. The Morgan fingerprint density at radius 2 is 1.64 bits per heavy atom. The number of amides is 1. The summed E-state index contributed by atoms with van der Waals surface area (Å²) < 4.78 is 0. The lowest BCUT2D eigenvalue weighted by Gasteiger charge is -2.19. The van der Waals surface area contributed by atoms with E-state index < -0.39 is 0 Å². The van der Waals surface area contributed by atoms with Crippen molar-refractivity contribution in [3.05, 3.63) is 71.8 Å². The minimum atomic E-state index is 0.0940. The van der Waals surface area contributed by atoms with Gasteiger partial charge in [-0.15, -0.1) is 0 Å². The Bertz CT molecular complexity index is 593. The van der Waals surface area contributed by atoms with E-state index in [0.717, 1.165) is 19.3 Å². The quantitative estimate of drug-likeness (QED) is 0.824. The number of hydrogen-bond donors (Lipinski definition) is 2. The largest absolute Gasteiger partial charge is 0.352 e. The number of nitrogens with one attached hydrogen (secondary N) is 2. The Kier molecular flexibility index (Phi) is 4.86. The van der Waals surface area contributed by atoms with Crippen LogP contribution in [0.5, 0.6) is 0 Å². The molecule has 0 saturated heterocycles. The van der Waals surface area contributed by atoms with Crippen LogP contribution in [0.1, 0.15) is 30.0 Å². The fourth-order valence-electron chi connectivity index (χ4n) is 2.57. The Morgan fingerprint density at radius 3 is 2.27 bits per heavy atom. The van der Waals surface area contributed by atoms with Crippen LogP contribution in [0.15, 0.2) is 60.7 Å². The SMILES string of the molecule is O=C(CNC(Cc1ccccc1)c1ccccc1)NC1CC1. The second-order valence-electron chi connectivity index (χ2n) is 5.88. The van der Waals surface area contributed by atoms with Gasteiger partial charge in [0, 0.05) is 12.1 Å². The van der Waals surface area contributed by atoms with E-state index in [2.05, 4.69) is 47.0 Å². The van der Waals surface area contributed by atoms with Crippen LogP contribution in [0.25, 0.3) is 0 Å². The van der Waals surface area contributed by atoms with E-state index in [-0.39, 0.29) is 11.9 Å². The number of hydrogen-bond acceptors (Lipinski definition) is 2. The number of carbonyl (C=O) groups excluding carboxylic acids is 1. The van der Waals surface area contributed by atoms with Crippen molar-refractivity contribution in [2.24, 2.45) is 0 Å². The van der Waals surface area contributed by atoms with E-state index in [1.54, 1.807) is 0 Å². The smallest absolute Gasteiger partial charge is 0.234 e. The number of benzene rings is 2. The lowest BCUT2D eigenvalue weighted by Crippen LogP contribution is -2.37. The molecule has 0 spiro atoms. The van der Waals surface area contributed by atoms with Gasteiger partial charge < -0.3 is 10.6 Å². The Labute approximate surface area is 131 Å². The maximum Gasteiger partial charge on any atom is 0.234 e. The molecule has 3 heteroatoms. The van der Waals surface area contributed by atoms with Gasteiger partial charge in [-0.25, -0.2) is 0 Å². The molecule has 0 aliphatic heterocycles. The first-order valence-corrected chi connectivity index (χ1v) is 7.93. The van der Waals surface area contributed by atoms with E-state index >= 15 is 0 Å². The zero-order chi connectivity index (χ0) is 15.2. The fraction of sp³-hybridized carbons (Fsp3) is 0.316. The molecule has 1 fully saturated rings. The molecule has 1 unspecified atom stereocenters. The molecule has 1 aliphatic carbocycles. The summed E-state index contributed by atoms with van der Waals surface area (Å²) in [6.45, 7) is 0.364. The van der Waals surface area contributed by atoms with E-state index in [1.165, 1.54) is 11.1 Å². The summed E-state index contributed by atoms with van der Waals surface area (Å²) in [5, 5.41) is 6.43. The van der Waals surface area contributed by atoms with Crippen LogP contribution in [0, 0.1) is 0 Å². The van der Waals surface area contributed by atoms with Crippen molar-refractivity contribution in [3.8, 4) is 0 Å². The molecule has 1 aliphatic rings. The first-order chi connectivity index (χ1) is 10.8. The lowest BCUT2D eigenvalue weighted by atomic mass is 9.99. The Hall–Kier alpha value is -2.13. The molecule has 2 N–H and O–H groups in total.